The van der Waals surface area contributed by atoms with Crippen molar-refractivity contribution in [3.8, 4) is 0 Å². The summed E-state index contributed by atoms with van der Waals surface area (Å²) in [4.78, 5) is 37.5. The highest BCUT2D eigenvalue weighted by Crippen LogP contribution is 2.14. The molecule has 6 nitrogen and oxygen atoms in total. The Morgan fingerprint density at radius 2 is 0.750 bits per heavy atom. The third kappa shape index (κ3) is 38.9. The van der Waals surface area contributed by atoms with Crippen molar-refractivity contribution in [3.63, 3.8) is 0 Å². The van der Waals surface area contributed by atoms with Gasteiger partial charge in [-0.2, -0.15) is 0 Å². The molecule has 52 heavy (non-hydrogen) atoms. The van der Waals surface area contributed by atoms with Gasteiger partial charge in [-0.1, -0.05) is 179 Å². The lowest BCUT2D eigenvalue weighted by atomic mass is 10.0. The lowest BCUT2D eigenvalue weighted by Gasteiger charge is -2.18. The van der Waals surface area contributed by atoms with Crippen LogP contribution >= 0.6 is 0 Å². The lowest BCUT2D eigenvalue weighted by molar-refractivity contribution is -0.166. The first-order valence-corrected chi connectivity index (χ1v) is 22.0. The number of unbranched alkanes of at least 4 members (excludes halogenated alkanes) is 22. The van der Waals surface area contributed by atoms with Crippen LogP contribution in [0.3, 0.4) is 0 Å². The van der Waals surface area contributed by atoms with Gasteiger partial charge in [-0.25, -0.2) is 0 Å². The first-order valence-electron chi connectivity index (χ1n) is 22.0. The van der Waals surface area contributed by atoms with Crippen molar-refractivity contribution in [1.29, 1.82) is 0 Å². The second-order valence-electron chi connectivity index (χ2n) is 14.6. The third-order valence-electron chi connectivity index (χ3n) is 9.38. The summed E-state index contributed by atoms with van der Waals surface area (Å²) in [7, 11) is 0. The second kappa shape index (κ2) is 41.4. The molecule has 1 atom stereocenters. The van der Waals surface area contributed by atoms with Crippen LogP contribution in [0.4, 0.5) is 0 Å². The van der Waals surface area contributed by atoms with Gasteiger partial charge in [0.1, 0.15) is 13.2 Å². The fraction of sp³-hybridized carbons (Fsp3) is 0.804. The maximum absolute atomic E-state index is 12.7. The van der Waals surface area contributed by atoms with E-state index in [1.54, 1.807) is 0 Å². The molecule has 0 rings (SSSR count). The predicted octanol–water partition coefficient (Wildman–Crippen LogP) is 13.8. The summed E-state index contributed by atoms with van der Waals surface area (Å²) < 4.78 is 16.6. The molecule has 0 aliphatic heterocycles. The van der Waals surface area contributed by atoms with Crippen molar-refractivity contribution in [2.75, 3.05) is 13.2 Å². The number of hydrogen-bond donors (Lipinski definition) is 0. The van der Waals surface area contributed by atoms with Crippen LogP contribution in [0.5, 0.6) is 0 Å². The molecule has 0 aliphatic rings. The SMILES string of the molecule is CCCCCC/C=C\CCCC(=O)OCC(COC(=O)CC/C=C\C/C=C\CCCCCCCC)OC(=O)CCCCCCCCCCCCCC. The average molecular weight is 731 g/mol. The monoisotopic (exact) mass is 731 g/mol. The Hall–Kier alpha value is -2.37. The fourth-order valence-corrected chi connectivity index (χ4v) is 6.03. The van der Waals surface area contributed by atoms with Crippen molar-refractivity contribution >= 4 is 17.9 Å². The van der Waals surface area contributed by atoms with Gasteiger partial charge in [0.15, 0.2) is 6.10 Å². The van der Waals surface area contributed by atoms with Crippen molar-refractivity contribution < 1.29 is 28.6 Å². The van der Waals surface area contributed by atoms with Gasteiger partial charge in [0.2, 0.25) is 0 Å². The Balaban J connectivity index is 4.45. The maximum atomic E-state index is 12.7. The van der Waals surface area contributed by atoms with E-state index in [1.165, 1.54) is 122 Å². The third-order valence-corrected chi connectivity index (χ3v) is 9.38. The molecule has 0 bridgehead atoms. The van der Waals surface area contributed by atoms with Gasteiger partial charge < -0.3 is 14.2 Å². The number of ether oxygens (including phenoxy) is 3. The highest BCUT2D eigenvalue weighted by molar-refractivity contribution is 5.71. The van der Waals surface area contributed by atoms with Crippen LogP contribution in [0, 0.1) is 0 Å². The molecular formula is C46H82O6. The second-order valence-corrected chi connectivity index (χ2v) is 14.6. The van der Waals surface area contributed by atoms with E-state index < -0.39 is 6.10 Å². The molecular weight excluding hydrogens is 649 g/mol. The molecule has 0 amide bonds. The lowest BCUT2D eigenvalue weighted by Crippen LogP contribution is -2.30. The Morgan fingerprint density at radius 3 is 1.27 bits per heavy atom. The summed E-state index contributed by atoms with van der Waals surface area (Å²) >= 11 is 0. The topological polar surface area (TPSA) is 78.9 Å². The number of allylic oxidation sites excluding steroid dienone is 6. The first-order chi connectivity index (χ1) is 25.5. The van der Waals surface area contributed by atoms with Crippen LogP contribution in [0.2, 0.25) is 0 Å². The van der Waals surface area contributed by atoms with Gasteiger partial charge in [-0.05, 0) is 57.8 Å². The van der Waals surface area contributed by atoms with E-state index in [0.717, 1.165) is 44.9 Å². The zero-order valence-corrected chi connectivity index (χ0v) is 34.3. The van der Waals surface area contributed by atoms with E-state index in [9.17, 15) is 14.4 Å². The molecule has 302 valence electrons. The number of carbonyl (C=O) groups excluding carboxylic acids is 3. The molecule has 0 fully saturated rings. The Labute approximate surface area is 321 Å². The van der Waals surface area contributed by atoms with Gasteiger partial charge in [0.05, 0.1) is 0 Å². The summed E-state index contributed by atoms with van der Waals surface area (Å²) in [6, 6.07) is 0. The smallest absolute Gasteiger partial charge is 0.306 e. The summed E-state index contributed by atoms with van der Waals surface area (Å²) in [6.07, 6.45) is 45.7. The van der Waals surface area contributed by atoms with Crippen LogP contribution in [0.15, 0.2) is 36.5 Å². The number of carbonyl (C=O) groups is 3. The van der Waals surface area contributed by atoms with E-state index in [1.807, 2.05) is 6.08 Å². The van der Waals surface area contributed by atoms with Crippen LogP contribution in [-0.4, -0.2) is 37.2 Å². The van der Waals surface area contributed by atoms with Crippen LogP contribution in [0.1, 0.15) is 220 Å². The van der Waals surface area contributed by atoms with Crippen molar-refractivity contribution in [2.45, 2.75) is 226 Å². The largest absolute Gasteiger partial charge is 0.462 e. The first kappa shape index (κ1) is 49.6. The summed E-state index contributed by atoms with van der Waals surface area (Å²) in [5, 5.41) is 0. The molecule has 0 spiro atoms. The zero-order valence-electron chi connectivity index (χ0n) is 34.3. The maximum Gasteiger partial charge on any atom is 0.306 e. The number of rotatable bonds is 39. The highest BCUT2D eigenvalue weighted by Gasteiger charge is 2.19. The van der Waals surface area contributed by atoms with Crippen LogP contribution in [-0.2, 0) is 28.6 Å². The molecule has 1 unspecified atom stereocenters. The van der Waals surface area contributed by atoms with Gasteiger partial charge in [-0.15, -0.1) is 0 Å². The Morgan fingerprint density at radius 1 is 0.385 bits per heavy atom. The molecule has 0 aliphatic carbocycles. The molecule has 0 aromatic rings. The predicted molar refractivity (Wildman–Crippen MR) is 219 cm³/mol. The van der Waals surface area contributed by atoms with Gasteiger partial charge >= 0.3 is 17.9 Å². The van der Waals surface area contributed by atoms with E-state index in [0.29, 0.717) is 25.7 Å². The van der Waals surface area contributed by atoms with Gasteiger partial charge in [0.25, 0.3) is 0 Å². The van der Waals surface area contributed by atoms with Crippen molar-refractivity contribution in [2.24, 2.45) is 0 Å². The zero-order chi connectivity index (χ0) is 38.0. The number of hydrogen-bond acceptors (Lipinski definition) is 6. The normalized spacial score (nSPS) is 12.3. The minimum Gasteiger partial charge on any atom is -0.462 e. The highest BCUT2D eigenvalue weighted by atomic mass is 16.6. The standard InChI is InChI=1S/C46H82O6/c1-4-7-10-13-16-19-21-23-25-27-30-33-36-39-45(48)51-42-43(41-50-44(47)38-35-32-29-26-18-15-12-9-6-3)52-46(49)40-37-34-31-28-24-22-20-17-14-11-8-5-2/h23,25-26,29-30,33,43H,4-22,24,27-28,31-32,34-42H2,1-3H3/b25-23-,29-26-,33-30-. The molecule has 0 aromatic heterocycles. The molecule has 0 saturated heterocycles. The Kier molecular flexibility index (Phi) is 39.5. The van der Waals surface area contributed by atoms with E-state index in [4.69, 9.17) is 14.2 Å². The molecule has 0 heterocycles. The quantitative estimate of drug-likeness (QED) is 0.0271. The Bertz CT molecular complexity index is 891. The fourth-order valence-electron chi connectivity index (χ4n) is 6.03. The summed E-state index contributed by atoms with van der Waals surface area (Å²) in [5.41, 5.74) is 0. The minimum absolute atomic E-state index is 0.103. The van der Waals surface area contributed by atoms with E-state index >= 15 is 0 Å². The van der Waals surface area contributed by atoms with Crippen molar-refractivity contribution in [1.82, 2.24) is 0 Å². The summed E-state index contributed by atoms with van der Waals surface area (Å²) in [5.74, 6) is -1.00. The number of esters is 3. The molecule has 0 aromatic carbocycles. The summed E-state index contributed by atoms with van der Waals surface area (Å²) in [6.45, 7) is 6.50. The van der Waals surface area contributed by atoms with E-state index in [2.05, 4.69) is 51.2 Å². The van der Waals surface area contributed by atoms with E-state index in [-0.39, 0.29) is 37.5 Å². The average Bonchev–Trinajstić information content (AvgIpc) is 3.14. The molecule has 6 heteroatoms. The van der Waals surface area contributed by atoms with Crippen molar-refractivity contribution in [3.05, 3.63) is 36.5 Å². The van der Waals surface area contributed by atoms with Crippen LogP contribution < -0.4 is 0 Å². The van der Waals surface area contributed by atoms with Gasteiger partial charge in [-0.3, -0.25) is 14.4 Å². The molecule has 0 N–H and O–H groups in total. The van der Waals surface area contributed by atoms with Gasteiger partial charge in [0, 0.05) is 19.3 Å². The minimum atomic E-state index is -0.798. The van der Waals surface area contributed by atoms with Crippen LogP contribution in [0.25, 0.3) is 0 Å². The molecule has 0 saturated carbocycles. The molecule has 0 radical (unpaired) electrons.